The summed E-state index contributed by atoms with van der Waals surface area (Å²) in [5, 5.41) is 11.8. The molecule has 0 radical (unpaired) electrons. The van der Waals surface area contributed by atoms with Crippen LogP contribution in [0, 0.1) is 0 Å². The SMILES string of the molecule is Cn1cnc2ccc(NC3=CC(=O)N(CCO)C3=O)cc21. The third-order valence-corrected chi connectivity index (χ3v) is 3.34. The molecule has 3 rings (SSSR count). The van der Waals surface area contributed by atoms with Gasteiger partial charge in [-0.2, -0.15) is 0 Å². The number of imidazole rings is 1. The van der Waals surface area contributed by atoms with Gasteiger partial charge in [0, 0.05) is 18.8 Å². The first kappa shape index (κ1) is 13.3. The van der Waals surface area contributed by atoms with Crippen molar-refractivity contribution in [2.24, 2.45) is 7.05 Å². The lowest BCUT2D eigenvalue weighted by Gasteiger charge is -2.13. The fourth-order valence-electron chi connectivity index (χ4n) is 2.27. The van der Waals surface area contributed by atoms with Crippen LogP contribution in [-0.4, -0.2) is 44.5 Å². The van der Waals surface area contributed by atoms with Crippen molar-refractivity contribution in [1.29, 1.82) is 0 Å². The summed E-state index contributed by atoms with van der Waals surface area (Å²) in [6, 6.07) is 5.49. The summed E-state index contributed by atoms with van der Waals surface area (Å²) >= 11 is 0. The predicted octanol–water partition coefficient (Wildman–Crippen LogP) is 0.230. The topological polar surface area (TPSA) is 87.5 Å². The Balaban J connectivity index is 1.85. The molecule has 0 saturated heterocycles. The van der Waals surface area contributed by atoms with E-state index in [1.54, 1.807) is 12.4 Å². The molecule has 108 valence electrons. The number of anilines is 1. The first-order valence-corrected chi connectivity index (χ1v) is 6.46. The van der Waals surface area contributed by atoms with Gasteiger partial charge in [-0.05, 0) is 18.2 Å². The Morgan fingerprint density at radius 1 is 1.33 bits per heavy atom. The van der Waals surface area contributed by atoms with Crippen LogP contribution in [0.5, 0.6) is 0 Å². The maximum atomic E-state index is 12.0. The molecule has 0 bridgehead atoms. The molecular weight excluding hydrogens is 272 g/mol. The molecule has 0 atom stereocenters. The van der Waals surface area contributed by atoms with Crippen molar-refractivity contribution in [2.45, 2.75) is 0 Å². The van der Waals surface area contributed by atoms with Crippen molar-refractivity contribution in [3.05, 3.63) is 36.3 Å². The van der Waals surface area contributed by atoms with Crippen molar-refractivity contribution in [1.82, 2.24) is 14.5 Å². The van der Waals surface area contributed by atoms with Gasteiger partial charge in [-0.3, -0.25) is 14.5 Å². The van der Waals surface area contributed by atoms with Gasteiger partial charge in [0.1, 0.15) is 5.70 Å². The summed E-state index contributed by atoms with van der Waals surface area (Å²) < 4.78 is 1.87. The largest absolute Gasteiger partial charge is 0.395 e. The Hall–Kier alpha value is -2.67. The smallest absolute Gasteiger partial charge is 0.277 e. The fourth-order valence-corrected chi connectivity index (χ4v) is 2.27. The second kappa shape index (κ2) is 5.02. The van der Waals surface area contributed by atoms with Crippen molar-refractivity contribution < 1.29 is 14.7 Å². The van der Waals surface area contributed by atoms with Gasteiger partial charge in [-0.15, -0.1) is 0 Å². The maximum absolute atomic E-state index is 12.0. The van der Waals surface area contributed by atoms with Crippen LogP contribution in [-0.2, 0) is 16.6 Å². The third kappa shape index (κ3) is 2.27. The summed E-state index contributed by atoms with van der Waals surface area (Å²) in [5.74, 6) is -0.850. The molecule has 0 aliphatic carbocycles. The number of hydrogen-bond donors (Lipinski definition) is 2. The average molecular weight is 286 g/mol. The molecular formula is C14H14N4O3. The lowest BCUT2D eigenvalue weighted by atomic mass is 10.2. The molecule has 7 heteroatoms. The second-order valence-electron chi connectivity index (χ2n) is 4.76. The standard InChI is InChI=1S/C14H14N4O3/c1-17-8-15-10-3-2-9(6-12(10)17)16-11-7-13(20)18(4-5-19)14(11)21/h2-3,6-8,16,19H,4-5H2,1H3. The highest BCUT2D eigenvalue weighted by Gasteiger charge is 2.30. The molecule has 2 heterocycles. The number of nitrogens with zero attached hydrogens (tertiary/aromatic N) is 3. The molecule has 2 N–H and O–H groups in total. The molecule has 0 fully saturated rings. The number of aromatic nitrogens is 2. The average Bonchev–Trinajstić information content (AvgIpc) is 2.95. The molecule has 0 saturated carbocycles. The summed E-state index contributed by atoms with van der Waals surface area (Å²) in [5.41, 5.74) is 2.68. The zero-order valence-electron chi connectivity index (χ0n) is 11.4. The van der Waals surface area contributed by atoms with Gasteiger partial charge in [-0.25, -0.2) is 4.98 Å². The monoisotopic (exact) mass is 286 g/mol. The van der Waals surface area contributed by atoms with Gasteiger partial charge >= 0.3 is 0 Å². The van der Waals surface area contributed by atoms with E-state index in [0.29, 0.717) is 5.69 Å². The Morgan fingerprint density at radius 3 is 2.90 bits per heavy atom. The summed E-state index contributed by atoms with van der Waals surface area (Å²) in [4.78, 5) is 28.9. The number of amides is 2. The minimum atomic E-state index is -0.431. The number of nitrogens with one attached hydrogen (secondary N) is 1. The van der Waals surface area contributed by atoms with Gasteiger partial charge in [0.2, 0.25) is 0 Å². The molecule has 1 aromatic heterocycles. The molecule has 21 heavy (non-hydrogen) atoms. The fraction of sp³-hybridized carbons (Fsp3) is 0.214. The van der Waals surface area contributed by atoms with Gasteiger partial charge in [0.15, 0.2) is 0 Å². The predicted molar refractivity (Wildman–Crippen MR) is 76.2 cm³/mol. The van der Waals surface area contributed by atoms with E-state index in [1.165, 1.54) is 6.08 Å². The van der Waals surface area contributed by atoms with Crippen molar-refractivity contribution in [3.8, 4) is 0 Å². The van der Waals surface area contributed by atoms with Gasteiger partial charge in [-0.1, -0.05) is 0 Å². The number of β-amino-alcohol motifs (C(OH)–C–C–N with tert-alkyl or cyclic N) is 1. The van der Waals surface area contributed by atoms with Crippen molar-refractivity contribution in [3.63, 3.8) is 0 Å². The van der Waals surface area contributed by atoms with Crippen LogP contribution in [0.15, 0.2) is 36.3 Å². The zero-order chi connectivity index (χ0) is 15.0. The Bertz CT molecular complexity index is 763. The van der Waals surface area contributed by atoms with Crippen LogP contribution in [0.4, 0.5) is 5.69 Å². The van der Waals surface area contributed by atoms with E-state index >= 15 is 0 Å². The van der Waals surface area contributed by atoms with Crippen LogP contribution in [0.1, 0.15) is 0 Å². The lowest BCUT2D eigenvalue weighted by molar-refractivity contribution is -0.137. The van der Waals surface area contributed by atoms with E-state index in [0.717, 1.165) is 15.9 Å². The van der Waals surface area contributed by atoms with E-state index in [4.69, 9.17) is 5.11 Å². The van der Waals surface area contributed by atoms with Crippen LogP contribution in [0.3, 0.4) is 0 Å². The number of imide groups is 1. The van der Waals surface area contributed by atoms with Crippen molar-refractivity contribution >= 4 is 28.5 Å². The van der Waals surface area contributed by atoms with Crippen LogP contribution in [0.25, 0.3) is 11.0 Å². The zero-order valence-corrected chi connectivity index (χ0v) is 11.4. The quantitative estimate of drug-likeness (QED) is 0.786. The molecule has 1 aliphatic heterocycles. The molecule has 1 aromatic carbocycles. The number of aryl methyl sites for hydroxylation is 1. The normalized spacial score (nSPS) is 15.0. The van der Waals surface area contributed by atoms with E-state index in [-0.39, 0.29) is 18.8 Å². The maximum Gasteiger partial charge on any atom is 0.277 e. The highest BCUT2D eigenvalue weighted by Crippen LogP contribution is 2.21. The minimum Gasteiger partial charge on any atom is -0.395 e. The highest BCUT2D eigenvalue weighted by molar-refractivity contribution is 6.17. The summed E-state index contributed by atoms with van der Waals surface area (Å²) in [6.07, 6.45) is 2.95. The third-order valence-electron chi connectivity index (χ3n) is 3.34. The number of benzene rings is 1. The molecule has 0 spiro atoms. The molecule has 1 aliphatic rings. The van der Waals surface area contributed by atoms with Gasteiger partial charge in [0.25, 0.3) is 11.8 Å². The second-order valence-corrected chi connectivity index (χ2v) is 4.76. The molecule has 2 amide bonds. The van der Waals surface area contributed by atoms with Gasteiger partial charge < -0.3 is 15.0 Å². The number of carbonyl (C=O) groups is 2. The summed E-state index contributed by atoms with van der Waals surface area (Å²) in [6.45, 7) is -0.250. The van der Waals surface area contributed by atoms with Crippen molar-refractivity contribution in [2.75, 3.05) is 18.5 Å². The number of hydrogen-bond acceptors (Lipinski definition) is 5. The van der Waals surface area contributed by atoms with Crippen LogP contribution < -0.4 is 5.32 Å². The van der Waals surface area contributed by atoms with E-state index < -0.39 is 11.8 Å². The first-order valence-electron chi connectivity index (χ1n) is 6.46. The number of carbonyl (C=O) groups excluding carboxylic acids is 2. The van der Waals surface area contributed by atoms with Crippen LogP contribution in [0.2, 0.25) is 0 Å². The van der Waals surface area contributed by atoms with E-state index in [1.807, 2.05) is 23.7 Å². The Kier molecular flexibility index (Phi) is 3.19. The minimum absolute atomic E-state index is 0.000111. The van der Waals surface area contributed by atoms with E-state index in [9.17, 15) is 9.59 Å². The Labute approximate surface area is 120 Å². The number of aliphatic hydroxyl groups excluding tert-OH is 1. The number of aliphatic hydroxyl groups is 1. The molecule has 0 unspecified atom stereocenters. The molecule has 2 aromatic rings. The van der Waals surface area contributed by atoms with E-state index in [2.05, 4.69) is 10.3 Å². The highest BCUT2D eigenvalue weighted by atomic mass is 16.3. The molecule has 7 nitrogen and oxygen atoms in total. The van der Waals surface area contributed by atoms with Crippen LogP contribution >= 0.6 is 0 Å². The first-order chi connectivity index (χ1) is 10.1. The lowest BCUT2D eigenvalue weighted by Crippen LogP contribution is -2.34. The number of rotatable bonds is 4. The Morgan fingerprint density at radius 2 is 2.14 bits per heavy atom. The number of fused-ring (bicyclic) bond motifs is 1. The summed E-state index contributed by atoms with van der Waals surface area (Å²) in [7, 11) is 1.88. The van der Waals surface area contributed by atoms with Gasteiger partial charge in [0.05, 0.1) is 30.5 Å².